The largest absolute Gasteiger partial charge is 0.370 e. The molecule has 0 aliphatic carbocycles. The van der Waals surface area contributed by atoms with E-state index in [0.717, 1.165) is 12.1 Å². The van der Waals surface area contributed by atoms with Crippen LogP contribution in [0.5, 0.6) is 0 Å². The highest BCUT2D eigenvalue weighted by molar-refractivity contribution is 7.99. The summed E-state index contributed by atoms with van der Waals surface area (Å²) in [5.41, 5.74) is 7.58. The number of hydrogen-bond acceptors (Lipinski definition) is 4. The van der Waals surface area contributed by atoms with Crippen molar-refractivity contribution in [2.45, 2.75) is 37.8 Å². The van der Waals surface area contributed by atoms with Gasteiger partial charge in [0.1, 0.15) is 0 Å². The van der Waals surface area contributed by atoms with Gasteiger partial charge < -0.3 is 5.73 Å². The molecule has 0 saturated heterocycles. The third-order valence-corrected chi connectivity index (χ3v) is 5.89. The van der Waals surface area contributed by atoms with E-state index in [1.165, 1.54) is 17.3 Å². The third kappa shape index (κ3) is 4.39. The van der Waals surface area contributed by atoms with Crippen LogP contribution in [0.2, 0.25) is 5.02 Å². The zero-order valence-corrected chi connectivity index (χ0v) is 17.4. The SMILES string of the molecule is CC[C@@H](C)c1ccc(-n2c(SCCC(N)=O)nc3cc(Cl)ccc3c2=O)cc1. The van der Waals surface area contributed by atoms with Crippen molar-refractivity contribution in [3.63, 3.8) is 0 Å². The van der Waals surface area contributed by atoms with Crippen molar-refractivity contribution in [1.29, 1.82) is 0 Å². The van der Waals surface area contributed by atoms with Crippen molar-refractivity contribution in [3.8, 4) is 5.69 Å². The van der Waals surface area contributed by atoms with Crippen LogP contribution in [0.4, 0.5) is 0 Å². The lowest BCUT2D eigenvalue weighted by molar-refractivity contribution is -0.117. The summed E-state index contributed by atoms with van der Waals surface area (Å²) in [6.45, 7) is 4.32. The van der Waals surface area contributed by atoms with Crippen LogP contribution in [0.1, 0.15) is 38.2 Å². The second-order valence-corrected chi connectivity index (χ2v) is 8.16. The average molecular weight is 416 g/mol. The van der Waals surface area contributed by atoms with E-state index in [0.29, 0.717) is 32.8 Å². The minimum atomic E-state index is -0.386. The molecular weight excluding hydrogens is 394 g/mol. The molecule has 3 rings (SSSR count). The molecule has 0 bridgehead atoms. The minimum absolute atomic E-state index is 0.167. The summed E-state index contributed by atoms with van der Waals surface area (Å²) < 4.78 is 1.59. The lowest BCUT2D eigenvalue weighted by Crippen LogP contribution is -2.22. The number of hydrogen-bond donors (Lipinski definition) is 1. The van der Waals surface area contributed by atoms with Crippen LogP contribution in [0.15, 0.2) is 52.4 Å². The zero-order valence-electron chi connectivity index (χ0n) is 15.8. The predicted octanol–water partition coefficient (Wildman–Crippen LogP) is 4.52. The van der Waals surface area contributed by atoms with E-state index < -0.39 is 0 Å². The molecule has 2 aromatic carbocycles. The fourth-order valence-electron chi connectivity index (χ4n) is 2.89. The molecule has 0 saturated carbocycles. The Morgan fingerprint density at radius 3 is 2.61 bits per heavy atom. The molecule has 1 heterocycles. The number of halogens is 1. The van der Waals surface area contributed by atoms with Gasteiger partial charge in [0.15, 0.2) is 5.16 Å². The van der Waals surface area contributed by atoms with E-state index in [1.54, 1.807) is 22.8 Å². The van der Waals surface area contributed by atoms with Gasteiger partial charge >= 0.3 is 0 Å². The molecule has 5 nitrogen and oxygen atoms in total. The van der Waals surface area contributed by atoms with Crippen molar-refractivity contribution in [3.05, 3.63) is 63.4 Å². The Bertz CT molecular complexity index is 1060. The number of nitrogens with zero attached hydrogens (tertiary/aromatic N) is 2. The van der Waals surface area contributed by atoms with Crippen LogP contribution in [0.25, 0.3) is 16.6 Å². The summed E-state index contributed by atoms with van der Waals surface area (Å²) in [7, 11) is 0. The first kappa shape index (κ1) is 20.4. The minimum Gasteiger partial charge on any atom is -0.370 e. The van der Waals surface area contributed by atoms with Crippen LogP contribution in [-0.2, 0) is 4.79 Å². The Balaban J connectivity index is 2.12. The second kappa shape index (κ2) is 8.80. The lowest BCUT2D eigenvalue weighted by atomic mass is 9.98. The summed E-state index contributed by atoms with van der Waals surface area (Å²) >= 11 is 7.40. The first-order chi connectivity index (χ1) is 13.4. The molecule has 1 atom stereocenters. The molecule has 0 radical (unpaired) electrons. The number of nitrogens with two attached hydrogens (primary N) is 1. The lowest BCUT2D eigenvalue weighted by Gasteiger charge is -2.15. The number of aromatic nitrogens is 2. The molecule has 1 amide bonds. The van der Waals surface area contributed by atoms with Gasteiger partial charge in [-0.05, 0) is 48.2 Å². The standard InChI is InChI=1S/C21H22ClN3O2S/c1-3-13(2)14-4-7-16(8-5-14)25-20(27)17-9-6-15(22)12-18(17)24-21(25)28-11-10-19(23)26/h4-9,12-13H,3,10-11H2,1-2H3,(H2,23,26)/t13-/m1/s1. The molecular formula is C21H22ClN3O2S. The van der Waals surface area contributed by atoms with Gasteiger partial charge in [0.2, 0.25) is 5.91 Å². The number of primary amides is 1. The van der Waals surface area contributed by atoms with Crippen LogP contribution in [-0.4, -0.2) is 21.2 Å². The van der Waals surface area contributed by atoms with Crippen molar-refractivity contribution in [1.82, 2.24) is 9.55 Å². The van der Waals surface area contributed by atoms with E-state index in [1.807, 2.05) is 24.3 Å². The average Bonchev–Trinajstić information content (AvgIpc) is 2.67. The summed E-state index contributed by atoms with van der Waals surface area (Å²) in [4.78, 5) is 28.9. The normalized spacial score (nSPS) is 12.2. The predicted molar refractivity (Wildman–Crippen MR) is 116 cm³/mol. The quantitative estimate of drug-likeness (QED) is 0.454. The molecule has 146 valence electrons. The van der Waals surface area contributed by atoms with Crippen molar-refractivity contribution in [2.75, 3.05) is 5.75 Å². The fourth-order valence-corrected chi connectivity index (χ4v) is 4.03. The highest BCUT2D eigenvalue weighted by Gasteiger charge is 2.14. The van der Waals surface area contributed by atoms with E-state index in [4.69, 9.17) is 17.3 Å². The van der Waals surface area contributed by atoms with E-state index in [2.05, 4.69) is 18.8 Å². The number of fused-ring (bicyclic) bond motifs is 1. The topological polar surface area (TPSA) is 78.0 Å². The van der Waals surface area contributed by atoms with Gasteiger partial charge in [0.25, 0.3) is 5.56 Å². The smallest absolute Gasteiger partial charge is 0.266 e. The van der Waals surface area contributed by atoms with Crippen LogP contribution < -0.4 is 11.3 Å². The Morgan fingerprint density at radius 1 is 1.25 bits per heavy atom. The highest BCUT2D eigenvalue weighted by atomic mass is 35.5. The van der Waals surface area contributed by atoms with E-state index >= 15 is 0 Å². The number of carbonyl (C=O) groups excluding carboxylic acids is 1. The molecule has 0 fully saturated rings. The van der Waals surface area contributed by atoms with Crippen molar-refractivity contribution < 1.29 is 4.79 Å². The van der Waals surface area contributed by atoms with Crippen LogP contribution >= 0.6 is 23.4 Å². The van der Waals surface area contributed by atoms with Gasteiger partial charge in [0, 0.05) is 17.2 Å². The molecule has 28 heavy (non-hydrogen) atoms. The van der Waals surface area contributed by atoms with Crippen molar-refractivity contribution in [2.24, 2.45) is 5.73 Å². The Labute approximate surface area is 172 Å². The molecule has 7 heteroatoms. The molecule has 3 aromatic rings. The fraction of sp³-hybridized carbons (Fsp3) is 0.286. The highest BCUT2D eigenvalue weighted by Crippen LogP contribution is 2.25. The molecule has 1 aromatic heterocycles. The molecule has 0 aliphatic heterocycles. The first-order valence-corrected chi connectivity index (χ1v) is 10.5. The Morgan fingerprint density at radius 2 is 1.96 bits per heavy atom. The maximum atomic E-state index is 13.2. The molecule has 2 N–H and O–H groups in total. The maximum absolute atomic E-state index is 13.2. The molecule has 0 unspecified atom stereocenters. The number of amides is 1. The summed E-state index contributed by atoms with van der Waals surface area (Å²) in [6.07, 6.45) is 1.26. The number of thioether (sulfide) groups is 1. The monoisotopic (exact) mass is 415 g/mol. The van der Waals surface area contributed by atoms with Gasteiger partial charge in [-0.2, -0.15) is 0 Å². The number of benzene rings is 2. The van der Waals surface area contributed by atoms with Crippen molar-refractivity contribution >= 4 is 40.2 Å². The van der Waals surface area contributed by atoms with Gasteiger partial charge in [0.05, 0.1) is 16.6 Å². The van der Waals surface area contributed by atoms with E-state index in [-0.39, 0.29) is 17.9 Å². The Hall–Kier alpha value is -2.31. The summed E-state index contributed by atoms with van der Waals surface area (Å²) in [5, 5.41) is 1.52. The van der Waals surface area contributed by atoms with Gasteiger partial charge in [-0.3, -0.25) is 14.2 Å². The van der Waals surface area contributed by atoms with Gasteiger partial charge in [-0.1, -0.05) is 49.3 Å². The number of carbonyl (C=O) groups is 1. The van der Waals surface area contributed by atoms with Gasteiger partial charge in [-0.25, -0.2) is 4.98 Å². The van der Waals surface area contributed by atoms with Gasteiger partial charge in [-0.15, -0.1) is 0 Å². The maximum Gasteiger partial charge on any atom is 0.266 e. The summed E-state index contributed by atoms with van der Waals surface area (Å²) in [6, 6.07) is 13.0. The zero-order chi connectivity index (χ0) is 20.3. The third-order valence-electron chi connectivity index (χ3n) is 4.71. The summed E-state index contributed by atoms with van der Waals surface area (Å²) in [5.74, 6) is 0.508. The first-order valence-electron chi connectivity index (χ1n) is 9.14. The Kier molecular flexibility index (Phi) is 6.42. The number of rotatable bonds is 7. The van der Waals surface area contributed by atoms with Crippen LogP contribution in [0, 0.1) is 0 Å². The second-order valence-electron chi connectivity index (χ2n) is 6.66. The molecule has 0 spiro atoms. The van der Waals surface area contributed by atoms with Crippen LogP contribution in [0.3, 0.4) is 0 Å². The van der Waals surface area contributed by atoms with E-state index in [9.17, 15) is 9.59 Å². The molecule has 0 aliphatic rings.